The molecule has 0 bridgehead atoms. The van der Waals surface area contributed by atoms with Gasteiger partial charge in [0.05, 0.1) is 4.91 Å². The molecule has 1 aliphatic carbocycles. The zero-order valence-corrected chi connectivity index (χ0v) is 24.0. The highest BCUT2D eigenvalue weighted by Crippen LogP contribution is 2.43. The fourth-order valence-electron chi connectivity index (χ4n) is 6.14. The summed E-state index contributed by atoms with van der Waals surface area (Å²) in [6.45, 7) is 5.13. The quantitative estimate of drug-likeness (QED) is 0.242. The molecule has 1 aromatic heterocycles. The number of thioether (sulfide) groups is 1. The molecule has 6 heteroatoms. The summed E-state index contributed by atoms with van der Waals surface area (Å²) in [6, 6.07) is 26.9. The number of aromatic nitrogens is 1. The van der Waals surface area contributed by atoms with Crippen LogP contribution >= 0.6 is 23.4 Å². The van der Waals surface area contributed by atoms with E-state index in [1.165, 1.54) is 19.3 Å². The van der Waals surface area contributed by atoms with Crippen molar-refractivity contribution in [2.24, 2.45) is 5.92 Å². The van der Waals surface area contributed by atoms with E-state index in [2.05, 4.69) is 77.2 Å². The third-order valence-corrected chi connectivity index (χ3v) is 9.75. The van der Waals surface area contributed by atoms with E-state index >= 15 is 0 Å². The Labute approximate surface area is 240 Å². The van der Waals surface area contributed by atoms with Gasteiger partial charge in [-0.25, -0.2) is 0 Å². The Kier molecular flexibility index (Phi) is 7.46. The second-order valence-electron chi connectivity index (χ2n) is 10.7. The van der Waals surface area contributed by atoms with E-state index in [-0.39, 0.29) is 17.4 Å². The van der Waals surface area contributed by atoms with Gasteiger partial charge in [-0.2, -0.15) is 0 Å². The van der Waals surface area contributed by atoms with Gasteiger partial charge in [0, 0.05) is 45.5 Å². The van der Waals surface area contributed by atoms with E-state index in [1.807, 2.05) is 36.4 Å². The number of hydrogen-bond donors (Lipinski definition) is 1. The van der Waals surface area contributed by atoms with Gasteiger partial charge in [-0.15, -0.1) is 0 Å². The molecule has 0 radical (unpaired) electrons. The number of nitrogens with zero attached hydrogens (tertiary/aromatic N) is 2. The lowest BCUT2D eigenvalue weighted by Gasteiger charge is -2.39. The number of fused-ring (bicyclic) bond motifs is 1. The number of halogens is 1. The van der Waals surface area contributed by atoms with Crippen molar-refractivity contribution in [1.82, 2.24) is 9.47 Å². The normalized spacial score (nSPS) is 22.6. The maximum atomic E-state index is 14.1. The van der Waals surface area contributed by atoms with Gasteiger partial charge in [0.15, 0.2) is 5.50 Å². The van der Waals surface area contributed by atoms with Crippen LogP contribution in [0.1, 0.15) is 49.4 Å². The van der Waals surface area contributed by atoms with Crippen molar-refractivity contribution in [2.45, 2.75) is 57.6 Å². The SMILES string of the molecule is Cc1c(/C=C2\SC(Nc3ccccc3)N([C@@H]3CCCC[C@@H]3C)C2=O)c2ccccc2n1Cc1ccccc1Cl. The van der Waals surface area contributed by atoms with Gasteiger partial charge in [0.2, 0.25) is 0 Å². The molecule has 3 aromatic carbocycles. The molecule has 4 nitrogen and oxygen atoms in total. The predicted molar refractivity (Wildman–Crippen MR) is 165 cm³/mol. The average molecular weight is 556 g/mol. The maximum Gasteiger partial charge on any atom is 0.262 e. The van der Waals surface area contributed by atoms with Gasteiger partial charge < -0.3 is 14.8 Å². The van der Waals surface area contributed by atoms with Gasteiger partial charge in [-0.1, -0.05) is 97.7 Å². The Hall–Kier alpha value is -3.15. The van der Waals surface area contributed by atoms with Crippen LogP contribution in [-0.4, -0.2) is 26.9 Å². The van der Waals surface area contributed by atoms with Crippen LogP contribution in [0.25, 0.3) is 17.0 Å². The first kappa shape index (κ1) is 26.1. The number of rotatable bonds is 6. The predicted octanol–water partition coefficient (Wildman–Crippen LogP) is 8.54. The van der Waals surface area contributed by atoms with Crippen molar-refractivity contribution in [3.8, 4) is 0 Å². The highest BCUT2D eigenvalue weighted by Gasteiger charge is 2.43. The monoisotopic (exact) mass is 555 g/mol. The first-order chi connectivity index (χ1) is 19.0. The molecule has 1 amide bonds. The van der Waals surface area contributed by atoms with Gasteiger partial charge >= 0.3 is 0 Å². The maximum absolute atomic E-state index is 14.1. The number of hydrogen-bond acceptors (Lipinski definition) is 3. The van der Waals surface area contributed by atoms with E-state index < -0.39 is 0 Å². The van der Waals surface area contributed by atoms with Crippen molar-refractivity contribution < 1.29 is 4.79 Å². The number of carbonyl (C=O) groups excluding carboxylic acids is 1. The third kappa shape index (κ3) is 5.10. The number of para-hydroxylation sites is 2. The first-order valence-corrected chi connectivity index (χ1v) is 15.1. The molecule has 2 fully saturated rings. The third-order valence-electron chi connectivity index (χ3n) is 8.27. The van der Waals surface area contributed by atoms with E-state index in [9.17, 15) is 4.79 Å². The number of benzene rings is 3. The molecule has 1 unspecified atom stereocenters. The lowest BCUT2D eigenvalue weighted by Crippen LogP contribution is -2.48. The molecule has 0 spiro atoms. The smallest absolute Gasteiger partial charge is 0.262 e. The number of carbonyl (C=O) groups is 1. The highest BCUT2D eigenvalue weighted by molar-refractivity contribution is 8.05. The minimum absolute atomic E-state index is 0.131. The molecule has 39 heavy (non-hydrogen) atoms. The Morgan fingerprint density at radius 3 is 2.49 bits per heavy atom. The summed E-state index contributed by atoms with van der Waals surface area (Å²) in [4.78, 5) is 17.0. The zero-order valence-electron chi connectivity index (χ0n) is 22.4. The molecule has 4 aromatic rings. The summed E-state index contributed by atoms with van der Waals surface area (Å²) in [6.07, 6.45) is 6.78. The molecule has 2 aliphatic rings. The zero-order chi connectivity index (χ0) is 26.9. The van der Waals surface area contributed by atoms with Gasteiger partial charge in [0.1, 0.15) is 0 Å². The van der Waals surface area contributed by atoms with Crippen molar-refractivity contribution in [2.75, 3.05) is 5.32 Å². The molecule has 1 aliphatic heterocycles. The molecule has 1 saturated heterocycles. The van der Waals surface area contributed by atoms with Gasteiger partial charge in [-0.05, 0) is 61.6 Å². The molecular weight excluding hydrogens is 522 g/mol. The topological polar surface area (TPSA) is 37.3 Å². The molecule has 1 N–H and O–H groups in total. The largest absolute Gasteiger partial charge is 0.356 e. The van der Waals surface area contributed by atoms with Gasteiger partial charge in [0.25, 0.3) is 5.91 Å². The van der Waals surface area contributed by atoms with Crippen LogP contribution in [0, 0.1) is 12.8 Å². The minimum Gasteiger partial charge on any atom is -0.356 e. The first-order valence-electron chi connectivity index (χ1n) is 13.8. The summed E-state index contributed by atoms with van der Waals surface area (Å²) in [5.74, 6) is 0.622. The Morgan fingerprint density at radius 1 is 0.974 bits per heavy atom. The Bertz CT molecular complexity index is 1530. The highest BCUT2D eigenvalue weighted by atomic mass is 35.5. The fraction of sp³-hybridized carbons (Fsp3) is 0.303. The Morgan fingerprint density at radius 2 is 1.69 bits per heavy atom. The standard InChI is InChI=1S/C33H34ClN3OS/c1-22-12-6-10-18-29(22)37-32(38)31(39-33(37)35-25-14-4-3-5-15-25)20-27-23(2)36(30-19-11-8-16-26(27)30)21-24-13-7-9-17-28(24)34/h3-5,7-9,11,13-17,19-20,22,29,33,35H,6,10,12,18,21H2,1-2H3/b31-20-/t22-,29+,33?/m0/s1. The van der Waals surface area contributed by atoms with Gasteiger partial charge in [-0.3, -0.25) is 4.79 Å². The number of anilines is 1. The molecule has 1 saturated carbocycles. The van der Waals surface area contributed by atoms with Crippen LogP contribution < -0.4 is 5.32 Å². The molecule has 6 rings (SSSR count). The lowest BCUT2D eigenvalue weighted by atomic mass is 9.85. The second-order valence-corrected chi connectivity index (χ2v) is 12.3. The van der Waals surface area contributed by atoms with Crippen LogP contribution in [0.2, 0.25) is 5.02 Å². The van der Waals surface area contributed by atoms with E-state index in [0.717, 1.165) is 49.8 Å². The van der Waals surface area contributed by atoms with Crippen LogP contribution in [0.15, 0.2) is 83.8 Å². The van der Waals surface area contributed by atoms with Crippen LogP contribution in [-0.2, 0) is 11.3 Å². The summed E-state index contributed by atoms with van der Waals surface area (Å²) < 4.78 is 2.31. The van der Waals surface area contributed by atoms with Crippen LogP contribution in [0.4, 0.5) is 5.69 Å². The van der Waals surface area contributed by atoms with E-state index in [4.69, 9.17) is 11.6 Å². The lowest BCUT2D eigenvalue weighted by molar-refractivity contribution is -0.129. The van der Waals surface area contributed by atoms with Crippen molar-refractivity contribution in [3.63, 3.8) is 0 Å². The minimum atomic E-state index is -0.131. The molecular formula is C33H34ClN3OS. The van der Waals surface area contributed by atoms with E-state index in [1.54, 1.807) is 11.8 Å². The molecule has 3 atom stereocenters. The molecule has 200 valence electrons. The number of nitrogens with one attached hydrogen (secondary N) is 1. The summed E-state index contributed by atoms with van der Waals surface area (Å²) in [5, 5.41) is 5.58. The summed E-state index contributed by atoms with van der Waals surface area (Å²) >= 11 is 8.18. The number of amides is 1. The van der Waals surface area contributed by atoms with E-state index in [0.29, 0.717) is 12.5 Å². The van der Waals surface area contributed by atoms with Crippen molar-refractivity contribution in [1.29, 1.82) is 0 Å². The van der Waals surface area contributed by atoms with Crippen LogP contribution in [0.3, 0.4) is 0 Å². The Balaban J connectivity index is 1.40. The van der Waals surface area contributed by atoms with Crippen molar-refractivity contribution >= 4 is 51.9 Å². The van der Waals surface area contributed by atoms with Crippen molar-refractivity contribution in [3.05, 3.63) is 106 Å². The second kappa shape index (κ2) is 11.1. The average Bonchev–Trinajstić information content (AvgIpc) is 3.39. The van der Waals surface area contributed by atoms with Crippen LogP contribution in [0.5, 0.6) is 0 Å². The summed E-state index contributed by atoms with van der Waals surface area (Å²) in [7, 11) is 0. The molecule has 2 heterocycles. The fourth-order valence-corrected chi connectivity index (χ4v) is 7.53. The summed E-state index contributed by atoms with van der Waals surface area (Å²) in [5.41, 5.74) is 5.37.